The van der Waals surface area contributed by atoms with Crippen LogP contribution in [-0.4, -0.2) is 43.3 Å². The molecular weight excluding hydrogens is 164 g/mol. The van der Waals surface area contributed by atoms with Crippen LogP contribution in [-0.2, 0) is 4.74 Å². The van der Waals surface area contributed by atoms with Crippen LogP contribution in [0.4, 0.5) is 0 Å². The standard InChI is InChI=1S/C10H22N2O/c1-9-5-4-6-12(9)10(2,7-11)8-13-3/h9H,4-8,11H2,1-3H3. The van der Waals surface area contributed by atoms with Gasteiger partial charge < -0.3 is 10.5 Å². The third kappa shape index (κ3) is 2.22. The van der Waals surface area contributed by atoms with Crippen LogP contribution in [0.3, 0.4) is 0 Å². The molecule has 0 bridgehead atoms. The van der Waals surface area contributed by atoms with E-state index in [1.807, 2.05) is 0 Å². The molecule has 0 amide bonds. The molecule has 1 saturated heterocycles. The molecule has 1 aliphatic heterocycles. The minimum absolute atomic E-state index is 0.0324. The fourth-order valence-electron chi connectivity index (χ4n) is 2.31. The summed E-state index contributed by atoms with van der Waals surface area (Å²) in [7, 11) is 1.74. The molecule has 1 rings (SSSR count). The molecule has 0 radical (unpaired) electrons. The summed E-state index contributed by atoms with van der Waals surface area (Å²) in [6.07, 6.45) is 2.58. The first-order valence-electron chi connectivity index (χ1n) is 5.10. The first kappa shape index (κ1) is 11.0. The van der Waals surface area contributed by atoms with E-state index in [1.54, 1.807) is 7.11 Å². The van der Waals surface area contributed by atoms with E-state index in [0.29, 0.717) is 12.6 Å². The molecule has 2 N–H and O–H groups in total. The fourth-order valence-corrected chi connectivity index (χ4v) is 2.31. The zero-order valence-corrected chi connectivity index (χ0v) is 9.05. The van der Waals surface area contributed by atoms with Crippen LogP contribution in [0.2, 0.25) is 0 Å². The Morgan fingerprint density at radius 1 is 1.62 bits per heavy atom. The van der Waals surface area contributed by atoms with Crippen molar-refractivity contribution in [3.63, 3.8) is 0 Å². The predicted octanol–water partition coefficient (Wildman–Crippen LogP) is 0.835. The largest absolute Gasteiger partial charge is 0.383 e. The molecule has 2 unspecified atom stereocenters. The van der Waals surface area contributed by atoms with Crippen molar-refractivity contribution in [3.8, 4) is 0 Å². The van der Waals surface area contributed by atoms with Crippen LogP contribution in [0.5, 0.6) is 0 Å². The normalized spacial score (nSPS) is 29.1. The molecule has 3 heteroatoms. The number of likely N-dealkylation sites (tertiary alicyclic amines) is 1. The van der Waals surface area contributed by atoms with Gasteiger partial charge in [0, 0.05) is 19.7 Å². The molecule has 0 aromatic rings. The van der Waals surface area contributed by atoms with Crippen molar-refractivity contribution >= 4 is 0 Å². The van der Waals surface area contributed by atoms with Gasteiger partial charge >= 0.3 is 0 Å². The van der Waals surface area contributed by atoms with Crippen molar-refractivity contribution in [2.24, 2.45) is 5.73 Å². The van der Waals surface area contributed by atoms with Gasteiger partial charge in [0.2, 0.25) is 0 Å². The van der Waals surface area contributed by atoms with Crippen molar-refractivity contribution in [1.82, 2.24) is 4.90 Å². The molecule has 3 nitrogen and oxygen atoms in total. The zero-order chi connectivity index (χ0) is 9.90. The third-order valence-corrected chi connectivity index (χ3v) is 3.14. The maximum Gasteiger partial charge on any atom is 0.0656 e. The average Bonchev–Trinajstić information content (AvgIpc) is 2.52. The van der Waals surface area contributed by atoms with Gasteiger partial charge in [0.05, 0.1) is 12.1 Å². The van der Waals surface area contributed by atoms with E-state index >= 15 is 0 Å². The Labute approximate surface area is 81.2 Å². The molecule has 13 heavy (non-hydrogen) atoms. The van der Waals surface area contributed by atoms with Crippen molar-refractivity contribution < 1.29 is 4.74 Å². The summed E-state index contributed by atoms with van der Waals surface area (Å²) >= 11 is 0. The quantitative estimate of drug-likeness (QED) is 0.707. The smallest absolute Gasteiger partial charge is 0.0656 e. The van der Waals surface area contributed by atoms with Gasteiger partial charge in [-0.05, 0) is 33.2 Å². The number of rotatable bonds is 4. The van der Waals surface area contributed by atoms with Crippen molar-refractivity contribution in [2.45, 2.75) is 38.3 Å². The minimum Gasteiger partial charge on any atom is -0.383 e. The van der Waals surface area contributed by atoms with Crippen molar-refractivity contribution in [1.29, 1.82) is 0 Å². The summed E-state index contributed by atoms with van der Waals surface area (Å²) in [5.41, 5.74) is 5.85. The maximum atomic E-state index is 5.81. The molecule has 1 aliphatic rings. The van der Waals surface area contributed by atoms with Crippen molar-refractivity contribution in [3.05, 3.63) is 0 Å². The lowest BCUT2D eigenvalue weighted by Crippen LogP contribution is -2.55. The molecule has 1 heterocycles. The average molecular weight is 186 g/mol. The lowest BCUT2D eigenvalue weighted by atomic mass is 10.0. The second-order valence-electron chi connectivity index (χ2n) is 4.32. The van der Waals surface area contributed by atoms with E-state index in [1.165, 1.54) is 12.8 Å². The summed E-state index contributed by atoms with van der Waals surface area (Å²) < 4.78 is 5.24. The highest BCUT2D eigenvalue weighted by Gasteiger charge is 2.36. The fraction of sp³-hybridized carbons (Fsp3) is 1.00. The van der Waals surface area contributed by atoms with E-state index in [-0.39, 0.29) is 5.54 Å². The Bertz CT molecular complexity index is 163. The Balaban J connectivity index is 2.63. The molecule has 0 aromatic heterocycles. The number of hydrogen-bond acceptors (Lipinski definition) is 3. The number of nitrogens with two attached hydrogens (primary N) is 1. The molecule has 0 spiro atoms. The van der Waals surface area contributed by atoms with Gasteiger partial charge in [-0.2, -0.15) is 0 Å². The summed E-state index contributed by atoms with van der Waals surface area (Å²) in [4.78, 5) is 2.48. The molecule has 2 atom stereocenters. The highest BCUT2D eigenvalue weighted by Crippen LogP contribution is 2.26. The van der Waals surface area contributed by atoms with Crippen LogP contribution < -0.4 is 5.73 Å². The molecule has 0 aliphatic carbocycles. The van der Waals surface area contributed by atoms with Crippen LogP contribution in [0.15, 0.2) is 0 Å². The monoisotopic (exact) mass is 186 g/mol. The van der Waals surface area contributed by atoms with Gasteiger partial charge in [-0.25, -0.2) is 0 Å². The van der Waals surface area contributed by atoms with Gasteiger partial charge in [-0.1, -0.05) is 0 Å². The predicted molar refractivity (Wildman–Crippen MR) is 54.7 cm³/mol. The summed E-state index contributed by atoms with van der Waals surface area (Å²) in [5.74, 6) is 0. The van der Waals surface area contributed by atoms with E-state index in [0.717, 1.165) is 13.2 Å². The second kappa shape index (κ2) is 4.40. The lowest BCUT2D eigenvalue weighted by molar-refractivity contribution is 0.0228. The molecular formula is C10H22N2O. The first-order chi connectivity index (χ1) is 6.14. The van der Waals surface area contributed by atoms with Crippen LogP contribution >= 0.6 is 0 Å². The SMILES string of the molecule is COCC(C)(CN)N1CCCC1C. The van der Waals surface area contributed by atoms with E-state index < -0.39 is 0 Å². The topological polar surface area (TPSA) is 38.5 Å². The number of hydrogen-bond donors (Lipinski definition) is 1. The highest BCUT2D eigenvalue weighted by atomic mass is 16.5. The van der Waals surface area contributed by atoms with Gasteiger partial charge in [0.15, 0.2) is 0 Å². The van der Waals surface area contributed by atoms with Gasteiger partial charge in [-0.15, -0.1) is 0 Å². The summed E-state index contributed by atoms with van der Waals surface area (Å²) in [5, 5.41) is 0. The number of nitrogens with zero attached hydrogens (tertiary/aromatic N) is 1. The molecule has 0 aromatic carbocycles. The van der Waals surface area contributed by atoms with Crippen LogP contribution in [0, 0.1) is 0 Å². The second-order valence-corrected chi connectivity index (χ2v) is 4.32. The summed E-state index contributed by atoms with van der Waals surface area (Å²) in [6.45, 7) is 7.03. The molecule has 78 valence electrons. The van der Waals surface area contributed by atoms with Gasteiger partial charge in [-0.3, -0.25) is 4.90 Å². The lowest BCUT2D eigenvalue weighted by Gasteiger charge is -2.40. The summed E-state index contributed by atoms with van der Waals surface area (Å²) in [6, 6.07) is 0.656. The van der Waals surface area contributed by atoms with Gasteiger partial charge in [0.25, 0.3) is 0 Å². The highest BCUT2D eigenvalue weighted by molar-refractivity contribution is 4.93. The van der Waals surface area contributed by atoms with E-state index in [9.17, 15) is 0 Å². The molecule has 1 fully saturated rings. The van der Waals surface area contributed by atoms with Crippen molar-refractivity contribution in [2.75, 3.05) is 26.8 Å². The number of methoxy groups -OCH3 is 1. The van der Waals surface area contributed by atoms with E-state index in [4.69, 9.17) is 10.5 Å². The first-order valence-corrected chi connectivity index (χ1v) is 5.10. The zero-order valence-electron chi connectivity index (χ0n) is 9.05. The third-order valence-electron chi connectivity index (χ3n) is 3.14. The molecule has 0 saturated carbocycles. The van der Waals surface area contributed by atoms with Gasteiger partial charge in [0.1, 0.15) is 0 Å². The minimum atomic E-state index is 0.0324. The van der Waals surface area contributed by atoms with Crippen LogP contribution in [0.1, 0.15) is 26.7 Å². The Morgan fingerprint density at radius 3 is 2.69 bits per heavy atom. The van der Waals surface area contributed by atoms with E-state index in [2.05, 4.69) is 18.7 Å². The maximum absolute atomic E-state index is 5.81. The Hall–Kier alpha value is -0.120. The number of ether oxygens (including phenoxy) is 1. The Kier molecular flexibility index (Phi) is 3.71. The Morgan fingerprint density at radius 2 is 2.31 bits per heavy atom. The van der Waals surface area contributed by atoms with Crippen LogP contribution in [0.25, 0.3) is 0 Å².